The Labute approximate surface area is 154 Å². The molecule has 1 aromatic heterocycles. The first kappa shape index (κ1) is 18.1. The molecule has 0 aliphatic heterocycles. The molecule has 1 heterocycles. The van der Waals surface area contributed by atoms with Crippen molar-refractivity contribution in [2.24, 2.45) is 0 Å². The van der Waals surface area contributed by atoms with Crippen LogP contribution in [0.5, 0.6) is 5.75 Å². The minimum absolute atomic E-state index is 0.0398. The number of methoxy groups -OCH3 is 1. The zero-order valence-corrected chi connectivity index (χ0v) is 16.0. The number of furan rings is 1. The quantitative estimate of drug-likeness (QED) is 0.719. The number of hydrogen-bond donors (Lipinski definition) is 1. The Balaban J connectivity index is 1.77. The molecule has 4 nitrogen and oxygen atoms in total. The van der Waals surface area contributed by atoms with Crippen molar-refractivity contribution in [1.82, 2.24) is 5.32 Å². The Morgan fingerprint density at radius 1 is 1.19 bits per heavy atom. The number of ether oxygens (including phenoxy) is 1. The second-order valence-electron chi connectivity index (χ2n) is 6.86. The summed E-state index contributed by atoms with van der Waals surface area (Å²) in [6, 6.07) is 9.93. The summed E-state index contributed by atoms with van der Waals surface area (Å²) in [5.41, 5.74) is 6.18. The van der Waals surface area contributed by atoms with Gasteiger partial charge in [0, 0.05) is 16.5 Å². The van der Waals surface area contributed by atoms with Crippen LogP contribution in [0.4, 0.5) is 0 Å². The maximum atomic E-state index is 12.6. The SMILES string of the molecule is COc1ccc(C)cc1[C@@H](C)NC(=O)Cc1coc2c(C)c(C)ccc12. The molecule has 0 radical (unpaired) electrons. The molecule has 0 bridgehead atoms. The summed E-state index contributed by atoms with van der Waals surface area (Å²) in [6.45, 7) is 8.09. The van der Waals surface area contributed by atoms with Gasteiger partial charge in [-0.1, -0.05) is 29.8 Å². The highest BCUT2D eigenvalue weighted by Gasteiger charge is 2.17. The lowest BCUT2D eigenvalue weighted by Crippen LogP contribution is -2.28. The lowest BCUT2D eigenvalue weighted by molar-refractivity contribution is -0.121. The zero-order chi connectivity index (χ0) is 18.8. The van der Waals surface area contributed by atoms with Gasteiger partial charge in [-0.3, -0.25) is 4.79 Å². The van der Waals surface area contributed by atoms with Crippen LogP contribution in [0.25, 0.3) is 11.0 Å². The standard InChI is InChI=1S/C22H25NO3/c1-13-6-9-20(25-5)19(10-13)16(4)23-21(24)11-17-12-26-22-15(3)14(2)7-8-18(17)22/h6-10,12,16H,11H2,1-5H3,(H,23,24)/t16-/m1/s1. The first-order valence-electron chi connectivity index (χ1n) is 8.81. The summed E-state index contributed by atoms with van der Waals surface area (Å²) >= 11 is 0. The highest BCUT2D eigenvalue weighted by atomic mass is 16.5. The smallest absolute Gasteiger partial charge is 0.225 e. The molecular weight excluding hydrogens is 326 g/mol. The van der Waals surface area contributed by atoms with Crippen molar-refractivity contribution in [3.63, 3.8) is 0 Å². The van der Waals surface area contributed by atoms with Crippen molar-refractivity contribution < 1.29 is 13.9 Å². The van der Waals surface area contributed by atoms with E-state index >= 15 is 0 Å². The first-order chi connectivity index (χ1) is 12.4. The van der Waals surface area contributed by atoms with E-state index in [1.165, 1.54) is 5.56 Å². The molecule has 0 aliphatic rings. The van der Waals surface area contributed by atoms with Gasteiger partial charge in [-0.2, -0.15) is 0 Å². The third-order valence-electron chi connectivity index (χ3n) is 4.92. The van der Waals surface area contributed by atoms with Crippen LogP contribution in [0.3, 0.4) is 0 Å². The van der Waals surface area contributed by atoms with Crippen LogP contribution in [0.2, 0.25) is 0 Å². The van der Waals surface area contributed by atoms with Gasteiger partial charge in [0.15, 0.2) is 0 Å². The summed E-state index contributed by atoms with van der Waals surface area (Å²) in [5.74, 6) is 0.741. The van der Waals surface area contributed by atoms with Gasteiger partial charge < -0.3 is 14.5 Å². The van der Waals surface area contributed by atoms with E-state index in [0.717, 1.165) is 39.0 Å². The Bertz CT molecular complexity index is 955. The van der Waals surface area contributed by atoms with Gasteiger partial charge in [0.1, 0.15) is 11.3 Å². The molecule has 2 aromatic carbocycles. The number of amides is 1. The van der Waals surface area contributed by atoms with Crippen molar-refractivity contribution in [2.75, 3.05) is 7.11 Å². The molecule has 1 atom stereocenters. The maximum Gasteiger partial charge on any atom is 0.225 e. The maximum absolute atomic E-state index is 12.6. The number of carbonyl (C=O) groups is 1. The van der Waals surface area contributed by atoms with E-state index in [4.69, 9.17) is 9.15 Å². The minimum Gasteiger partial charge on any atom is -0.496 e. The molecule has 3 rings (SSSR count). The summed E-state index contributed by atoms with van der Waals surface area (Å²) in [4.78, 5) is 12.6. The third-order valence-corrected chi connectivity index (χ3v) is 4.92. The number of benzene rings is 2. The van der Waals surface area contributed by atoms with Gasteiger partial charge in [-0.15, -0.1) is 0 Å². The zero-order valence-electron chi connectivity index (χ0n) is 16.0. The topological polar surface area (TPSA) is 51.5 Å². The van der Waals surface area contributed by atoms with Crippen LogP contribution < -0.4 is 10.1 Å². The molecule has 1 N–H and O–H groups in total. The molecule has 4 heteroatoms. The monoisotopic (exact) mass is 351 g/mol. The van der Waals surface area contributed by atoms with E-state index in [2.05, 4.69) is 18.3 Å². The number of carbonyl (C=O) groups excluding carboxylic acids is 1. The number of hydrogen-bond acceptors (Lipinski definition) is 3. The van der Waals surface area contributed by atoms with E-state index in [-0.39, 0.29) is 18.4 Å². The number of aryl methyl sites for hydroxylation is 3. The largest absolute Gasteiger partial charge is 0.496 e. The van der Waals surface area contributed by atoms with Crippen LogP contribution in [-0.2, 0) is 11.2 Å². The molecule has 1 amide bonds. The van der Waals surface area contributed by atoms with Gasteiger partial charge in [-0.25, -0.2) is 0 Å². The van der Waals surface area contributed by atoms with Gasteiger partial charge in [-0.05, 0) is 44.9 Å². The lowest BCUT2D eigenvalue weighted by Gasteiger charge is -2.18. The van der Waals surface area contributed by atoms with Crippen molar-refractivity contribution in [3.05, 3.63) is 64.4 Å². The molecule has 0 unspecified atom stereocenters. The van der Waals surface area contributed by atoms with Crippen molar-refractivity contribution in [3.8, 4) is 5.75 Å². The second kappa shape index (κ2) is 7.24. The fourth-order valence-corrected chi connectivity index (χ4v) is 3.26. The average Bonchev–Trinajstić information content (AvgIpc) is 3.01. The van der Waals surface area contributed by atoms with Gasteiger partial charge >= 0.3 is 0 Å². The van der Waals surface area contributed by atoms with Gasteiger partial charge in [0.25, 0.3) is 0 Å². The predicted octanol–water partition coefficient (Wildman–Crippen LogP) is 4.79. The molecule has 3 aromatic rings. The summed E-state index contributed by atoms with van der Waals surface area (Å²) in [6.07, 6.45) is 1.97. The molecule has 136 valence electrons. The van der Waals surface area contributed by atoms with Crippen LogP contribution in [0.1, 0.15) is 40.8 Å². The summed E-state index contributed by atoms with van der Waals surface area (Å²) < 4.78 is 11.1. The minimum atomic E-state index is -0.139. The van der Waals surface area contributed by atoms with E-state index in [1.54, 1.807) is 13.4 Å². The normalized spacial score (nSPS) is 12.2. The number of rotatable bonds is 5. The fraction of sp³-hybridized carbons (Fsp3) is 0.318. The van der Waals surface area contributed by atoms with Crippen molar-refractivity contribution >= 4 is 16.9 Å². The Kier molecular flexibility index (Phi) is 5.03. The Morgan fingerprint density at radius 2 is 1.96 bits per heavy atom. The molecule has 0 fully saturated rings. The Morgan fingerprint density at radius 3 is 2.69 bits per heavy atom. The first-order valence-corrected chi connectivity index (χ1v) is 8.81. The summed E-state index contributed by atoms with van der Waals surface area (Å²) in [7, 11) is 1.64. The van der Waals surface area contributed by atoms with Crippen molar-refractivity contribution in [2.45, 2.75) is 40.2 Å². The number of fused-ring (bicyclic) bond motifs is 1. The van der Waals surface area contributed by atoms with E-state index in [1.807, 2.05) is 45.0 Å². The van der Waals surface area contributed by atoms with E-state index in [9.17, 15) is 4.79 Å². The predicted molar refractivity (Wildman–Crippen MR) is 104 cm³/mol. The molecule has 0 aliphatic carbocycles. The second-order valence-corrected chi connectivity index (χ2v) is 6.86. The van der Waals surface area contributed by atoms with Crippen LogP contribution in [-0.4, -0.2) is 13.0 Å². The lowest BCUT2D eigenvalue weighted by atomic mass is 10.0. The third kappa shape index (κ3) is 3.45. The molecular formula is C22H25NO3. The highest BCUT2D eigenvalue weighted by Crippen LogP contribution is 2.28. The summed E-state index contributed by atoms with van der Waals surface area (Å²) in [5, 5.41) is 4.07. The van der Waals surface area contributed by atoms with E-state index in [0.29, 0.717) is 0 Å². The van der Waals surface area contributed by atoms with Gasteiger partial charge in [0.05, 0.1) is 25.8 Å². The Hall–Kier alpha value is -2.75. The number of nitrogens with one attached hydrogen (secondary N) is 1. The van der Waals surface area contributed by atoms with Crippen molar-refractivity contribution in [1.29, 1.82) is 0 Å². The fourth-order valence-electron chi connectivity index (χ4n) is 3.26. The molecule has 0 saturated carbocycles. The average molecular weight is 351 g/mol. The highest BCUT2D eigenvalue weighted by molar-refractivity contribution is 5.89. The molecule has 0 saturated heterocycles. The molecule has 26 heavy (non-hydrogen) atoms. The van der Waals surface area contributed by atoms with E-state index < -0.39 is 0 Å². The van der Waals surface area contributed by atoms with Crippen LogP contribution in [0.15, 0.2) is 41.0 Å². The van der Waals surface area contributed by atoms with Crippen LogP contribution >= 0.6 is 0 Å². The van der Waals surface area contributed by atoms with Crippen LogP contribution in [0, 0.1) is 20.8 Å². The molecule has 0 spiro atoms. The van der Waals surface area contributed by atoms with Gasteiger partial charge in [0.2, 0.25) is 5.91 Å².